The molecule has 134 valence electrons. The molecule has 1 aliphatic rings. The summed E-state index contributed by atoms with van der Waals surface area (Å²) >= 11 is 0. The minimum atomic E-state index is -0.428. The Kier molecular flexibility index (Phi) is 7.89. The van der Waals surface area contributed by atoms with Gasteiger partial charge in [-0.2, -0.15) is 0 Å². The van der Waals surface area contributed by atoms with E-state index in [9.17, 15) is 9.18 Å². The summed E-state index contributed by atoms with van der Waals surface area (Å²) in [5, 5.41) is 5.97. The summed E-state index contributed by atoms with van der Waals surface area (Å²) in [6.45, 7) is 2.34. The first-order chi connectivity index (χ1) is 10.6. The normalized spacial score (nSPS) is 17.0. The van der Waals surface area contributed by atoms with Gasteiger partial charge in [-0.15, -0.1) is 24.8 Å². The molecule has 2 aromatic rings. The largest absolute Gasteiger partial charge is 0.366 e. The molecule has 1 aliphatic heterocycles. The van der Waals surface area contributed by atoms with Crippen molar-refractivity contribution in [1.29, 1.82) is 0 Å². The minimum Gasteiger partial charge on any atom is -0.366 e. The number of hydrogen-bond acceptors (Lipinski definition) is 4. The van der Waals surface area contributed by atoms with Crippen LogP contribution >= 0.6 is 24.8 Å². The number of benzene rings is 1. The number of morpholine rings is 1. The topological polar surface area (TPSA) is 68.2 Å². The van der Waals surface area contributed by atoms with Crippen LogP contribution in [-0.2, 0) is 23.0 Å². The highest BCUT2D eigenvalue weighted by Crippen LogP contribution is 2.16. The number of aryl methyl sites for hydroxylation is 1. The van der Waals surface area contributed by atoms with Crippen molar-refractivity contribution in [3.05, 3.63) is 29.8 Å². The van der Waals surface area contributed by atoms with E-state index in [4.69, 9.17) is 4.74 Å². The van der Waals surface area contributed by atoms with Crippen LogP contribution in [0.5, 0.6) is 0 Å². The van der Waals surface area contributed by atoms with Crippen LogP contribution < -0.4 is 10.6 Å². The zero-order valence-electron chi connectivity index (χ0n) is 13.3. The fraction of sp³-hybridized carbons (Fsp3) is 0.467. The summed E-state index contributed by atoms with van der Waals surface area (Å²) in [4.78, 5) is 16.3. The highest BCUT2D eigenvalue weighted by molar-refractivity contribution is 5.85. The van der Waals surface area contributed by atoms with Crippen molar-refractivity contribution in [2.45, 2.75) is 12.5 Å². The number of ether oxygens (including phenoxy) is 1. The van der Waals surface area contributed by atoms with Gasteiger partial charge in [0.05, 0.1) is 17.6 Å². The number of imidazole rings is 1. The molecule has 1 aromatic carbocycles. The maximum Gasteiger partial charge on any atom is 0.250 e. The van der Waals surface area contributed by atoms with E-state index in [-0.39, 0.29) is 36.5 Å². The van der Waals surface area contributed by atoms with E-state index in [0.29, 0.717) is 31.6 Å². The SMILES string of the molecule is Cl.Cl.Cn1c(CCNC(=O)C2CNCCO2)nc2cc(F)ccc21. The Balaban J connectivity index is 0.00000144. The molecule has 0 bridgehead atoms. The van der Waals surface area contributed by atoms with Crippen LogP contribution in [0, 0.1) is 5.82 Å². The summed E-state index contributed by atoms with van der Waals surface area (Å²) < 4.78 is 20.5. The fourth-order valence-electron chi connectivity index (χ4n) is 2.59. The maximum atomic E-state index is 13.2. The van der Waals surface area contributed by atoms with Crippen LogP contribution in [0.15, 0.2) is 18.2 Å². The molecule has 2 heterocycles. The molecule has 1 atom stereocenters. The first kappa shape index (κ1) is 20.6. The van der Waals surface area contributed by atoms with E-state index in [1.807, 2.05) is 11.6 Å². The van der Waals surface area contributed by atoms with Crippen molar-refractivity contribution >= 4 is 41.8 Å². The van der Waals surface area contributed by atoms with Gasteiger partial charge in [-0.3, -0.25) is 4.79 Å². The molecule has 9 heteroatoms. The number of nitrogens with zero attached hydrogens (tertiary/aromatic N) is 2. The van der Waals surface area contributed by atoms with Gasteiger partial charge in [0.15, 0.2) is 0 Å². The first-order valence-electron chi connectivity index (χ1n) is 7.36. The maximum absolute atomic E-state index is 13.2. The van der Waals surface area contributed by atoms with Gasteiger partial charge in [0.2, 0.25) is 5.91 Å². The van der Waals surface area contributed by atoms with Crippen molar-refractivity contribution in [3.63, 3.8) is 0 Å². The third kappa shape index (κ3) is 4.57. The molecule has 1 amide bonds. The van der Waals surface area contributed by atoms with Crippen LogP contribution in [0.25, 0.3) is 11.0 Å². The van der Waals surface area contributed by atoms with E-state index < -0.39 is 6.10 Å². The van der Waals surface area contributed by atoms with Crippen molar-refractivity contribution in [2.75, 3.05) is 26.2 Å². The number of amides is 1. The zero-order chi connectivity index (χ0) is 15.5. The smallest absolute Gasteiger partial charge is 0.250 e. The van der Waals surface area contributed by atoms with Gasteiger partial charge < -0.3 is 19.9 Å². The number of carbonyl (C=O) groups excluding carboxylic acids is 1. The molecule has 1 fully saturated rings. The third-order valence-electron chi connectivity index (χ3n) is 3.80. The van der Waals surface area contributed by atoms with Gasteiger partial charge in [-0.1, -0.05) is 0 Å². The van der Waals surface area contributed by atoms with E-state index in [1.54, 1.807) is 6.07 Å². The van der Waals surface area contributed by atoms with Gasteiger partial charge in [0.1, 0.15) is 17.7 Å². The number of rotatable bonds is 4. The van der Waals surface area contributed by atoms with Crippen LogP contribution in [0.2, 0.25) is 0 Å². The highest BCUT2D eigenvalue weighted by atomic mass is 35.5. The average Bonchev–Trinajstić information content (AvgIpc) is 2.83. The van der Waals surface area contributed by atoms with Crippen molar-refractivity contribution in [1.82, 2.24) is 20.2 Å². The molecule has 0 aliphatic carbocycles. The lowest BCUT2D eigenvalue weighted by Gasteiger charge is -2.22. The van der Waals surface area contributed by atoms with Gasteiger partial charge in [0, 0.05) is 39.2 Å². The Hall–Kier alpha value is -1.41. The molecular formula is C15H21Cl2FN4O2. The van der Waals surface area contributed by atoms with Crippen molar-refractivity contribution in [2.24, 2.45) is 7.05 Å². The molecular weight excluding hydrogens is 358 g/mol. The second-order valence-electron chi connectivity index (χ2n) is 5.32. The number of hydrogen-bond donors (Lipinski definition) is 2. The molecule has 1 aromatic heterocycles. The average molecular weight is 379 g/mol. The summed E-state index contributed by atoms with van der Waals surface area (Å²) in [6, 6.07) is 4.54. The Morgan fingerprint density at radius 3 is 3.00 bits per heavy atom. The number of halogens is 3. The fourth-order valence-corrected chi connectivity index (χ4v) is 2.59. The third-order valence-corrected chi connectivity index (χ3v) is 3.80. The van der Waals surface area contributed by atoms with Crippen LogP contribution in [0.3, 0.4) is 0 Å². The summed E-state index contributed by atoms with van der Waals surface area (Å²) in [6.07, 6.45) is 0.155. The molecule has 0 radical (unpaired) electrons. The van der Waals surface area contributed by atoms with E-state index in [2.05, 4.69) is 15.6 Å². The Bertz CT molecular complexity index is 689. The molecule has 24 heavy (non-hydrogen) atoms. The van der Waals surface area contributed by atoms with E-state index in [1.165, 1.54) is 12.1 Å². The standard InChI is InChI=1S/C15H19FN4O2.2ClH/c1-20-12-3-2-10(16)8-11(12)19-14(20)4-5-18-15(21)13-9-17-6-7-22-13;;/h2-3,8,13,17H,4-7,9H2,1H3,(H,18,21);2*1H. The Labute approximate surface area is 152 Å². The lowest BCUT2D eigenvalue weighted by molar-refractivity contribution is -0.134. The van der Waals surface area contributed by atoms with Gasteiger partial charge in [-0.05, 0) is 12.1 Å². The highest BCUT2D eigenvalue weighted by Gasteiger charge is 2.21. The molecule has 0 saturated carbocycles. The molecule has 1 saturated heterocycles. The van der Waals surface area contributed by atoms with Crippen LogP contribution in [0.4, 0.5) is 4.39 Å². The predicted molar refractivity (Wildman–Crippen MR) is 94.5 cm³/mol. The van der Waals surface area contributed by atoms with E-state index >= 15 is 0 Å². The van der Waals surface area contributed by atoms with E-state index in [0.717, 1.165) is 17.9 Å². The molecule has 2 N–H and O–H groups in total. The molecule has 6 nitrogen and oxygen atoms in total. The van der Waals surface area contributed by atoms with Crippen LogP contribution in [0.1, 0.15) is 5.82 Å². The number of carbonyl (C=O) groups is 1. The zero-order valence-corrected chi connectivity index (χ0v) is 14.9. The van der Waals surface area contributed by atoms with Gasteiger partial charge >= 0.3 is 0 Å². The van der Waals surface area contributed by atoms with Crippen molar-refractivity contribution in [3.8, 4) is 0 Å². The monoisotopic (exact) mass is 378 g/mol. The predicted octanol–water partition coefficient (Wildman–Crippen LogP) is 1.20. The second kappa shape index (κ2) is 9.17. The minimum absolute atomic E-state index is 0. The lowest BCUT2D eigenvalue weighted by atomic mass is 10.3. The van der Waals surface area contributed by atoms with Gasteiger partial charge in [-0.25, -0.2) is 9.37 Å². The second-order valence-corrected chi connectivity index (χ2v) is 5.32. The molecule has 1 unspecified atom stereocenters. The van der Waals surface area contributed by atoms with Gasteiger partial charge in [0.25, 0.3) is 0 Å². The summed E-state index contributed by atoms with van der Waals surface area (Å²) in [5.74, 6) is 0.396. The summed E-state index contributed by atoms with van der Waals surface area (Å²) in [7, 11) is 1.89. The quantitative estimate of drug-likeness (QED) is 0.838. The lowest BCUT2D eigenvalue weighted by Crippen LogP contribution is -2.48. The Morgan fingerprint density at radius 1 is 1.50 bits per heavy atom. The first-order valence-corrected chi connectivity index (χ1v) is 7.36. The Morgan fingerprint density at radius 2 is 2.29 bits per heavy atom. The van der Waals surface area contributed by atoms with Crippen LogP contribution in [-0.4, -0.2) is 47.8 Å². The number of aromatic nitrogens is 2. The summed E-state index contributed by atoms with van der Waals surface area (Å²) in [5.41, 5.74) is 1.51. The number of fused-ring (bicyclic) bond motifs is 1. The number of nitrogens with one attached hydrogen (secondary N) is 2. The molecule has 0 spiro atoms. The van der Waals surface area contributed by atoms with Crippen molar-refractivity contribution < 1.29 is 13.9 Å². The molecule has 3 rings (SSSR count).